The zero-order chi connectivity index (χ0) is 9.14. The van der Waals surface area contributed by atoms with E-state index in [4.69, 9.17) is 11.6 Å². The van der Waals surface area contributed by atoms with Crippen LogP contribution in [0.2, 0.25) is 0 Å². The second-order valence-corrected chi connectivity index (χ2v) is 4.45. The van der Waals surface area contributed by atoms with E-state index in [0.717, 1.165) is 5.57 Å². The maximum atomic E-state index is 10.6. The summed E-state index contributed by atoms with van der Waals surface area (Å²) in [7, 11) is -2.17. The first-order valence-corrected chi connectivity index (χ1v) is 5.72. The van der Waals surface area contributed by atoms with Crippen LogP contribution in [0.15, 0.2) is 23.8 Å². The van der Waals surface area contributed by atoms with Crippen LogP contribution in [0, 0.1) is 0 Å². The number of allylic oxidation sites excluding steroid dienone is 4. The summed E-state index contributed by atoms with van der Waals surface area (Å²) in [6.07, 6.45) is 5.14. The molecule has 0 saturated carbocycles. The molecule has 0 fully saturated rings. The highest BCUT2D eigenvalue weighted by Gasteiger charge is 2.13. The minimum Gasteiger partial charge on any atom is -0.184 e. The minimum absolute atomic E-state index is 0.220. The van der Waals surface area contributed by atoms with Gasteiger partial charge in [0, 0.05) is 5.88 Å². The molecule has 0 aromatic rings. The van der Waals surface area contributed by atoms with E-state index in [1.165, 1.54) is 0 Å². The first-order chi connectivity index (χ1) is 5.65. The van der Waals surface area contributed by atoms with Crippen LogP contribution in [0.25, 0.3) is 0 Å². The van der Waals surface area contributed by atoms with E-state index in [1.807, 2.05) is 6.08 Å². The topological polar surface area (TPSA) is 34.1 Å². The summed E-state index contributed by atoms with van der Waals surface area (Å²) in [5.74, 6) is 0.330. The Hall–Kier alpha value is -0.0600. The molecule has 0 aliphatic heterocycles. The van der Waals surface area contributed by atoms with Crippen molar-refractivity contribution in [2.24, 2.45) is 0 Å². The maximum Gasteiger partial charge on any atom is 0.218 e. The SMILES string of the molecule is O=S(=O)=C1C=C(CCl)C=CC1Br. The molecule has 66 valence electrons. The predicted octanol–water partition coefficient (Wildman–Crippen LogP) is 1.54. The minimum atomic E-state index is -2.17. The van der Waals surface area contributed by atoms with Crippen LogP contribution in [0.1, 0.15) is 0 Å². The van der Waals surface area contributed by atoms with E-state index in [-0.39, 0.29) is 4.83 Å². The molecular formula is C7H6BrClO2S. The summed E-state index contributed by atoms with van der Waals surface area (Å²) < 4.78 is 21.3. The van der Waals surface area contributed by atoms with Gasteiger partial charge in [0.15, 0.2) is 0 Å². The van der Waals surface area contributed by atoms with Gasteiger partial charge in [0.2, 0.25) is 10.3 Å². The largest absolute Gasteiger partial charge is 0.218 e. The van der Waals surface area contributed by atoms with E-state index in [1.54, 1.807) is 12.2 Å². The molecule has 1 aliphatic carbocycles. The van der Waals surface area contributed by atoms with Crippen LogP contribution in [0.3, 0.4) is 0 Å². The standard InChI is InChI=1S/C7H6BrClO2S/c8-6-2-1-5(4-9)3-7(6)12(10)11/h1-3,6H,4H2. The Morgan fingerprint density at radius 1 is 1.58 bits per heavy atom. The molecule has 0 spiro atoms. The van der Waals surface area contributed by atoms with Crippen LogP contribution in [-0.4, -0.2) is 24.0 Å². The highest BCUT2D eigenvalue weighted by molar-refractivity contribution is 9.10. The lowest BCUT2D eigenvalue weighted by Gasteiger charge is -2.08. The number of rotatable bonds is 1. The third-order valence-corrected chi connectivity index (χ3v) is 3.59. The van der Waals surface area contributed by atoms with Crippen molar-refractivity contribution in [1.82, 2.24) is 0 Å². The van der Waals surface area contributed by atoms with Crippen molar-refractivity contribution in [3.8, 4) is 0 Å². The van der Waals surface area contributed by atoms with Crippen molar-refractivity contribution in [2.45, 2.75) is 4.83 Å². The molecule has 0 radical (unpaired) electrons. The molecule has 0 heterocycles. The summed E-state index contributed by atoms with van der Waals surface area (Å²) in [6.45, 7) is 0. The third-order valence-electron chi connectivity index (χ3n) is 1.43. The number of hydrogen-bond donors (Lipinski definition) is 0. The second kappa shape index (κ2) is 4.25. The molecule has 12 heavy (non-hydrogen) atoms. The molecule has 0 aromatic carbocycles. The molecular weight excluding hydrogens is 263 g/mol. The van der Waals surface area contributed by atoms with Crippen LogP contribution < -0.4 is 0 Å². The van der Waals surface area contributed by atoms with Crippen LogP contribution >= 0.6 is 27.5 Å². The highest BCUT2D eigenvalue weighted by atomic mass is 79.9. The average molecular weight is 270 g/mol. The predicted molar refractivity (Wildman–Crippen MR) is 54.6 cm³/mol. The van der Waals surface area contributed by atoms with Gasteiger partial charge in [0.25, 0.3) is 0 Å². The fourth-order valence-corrected chi connectivity index (χ4v) is 2.26. The second-order valence-electron chi connectivity index (χ2n) is 2.25. The lowest BCUT2D eigenvalue weighted by molar-refractivity contribution is 0.627. The molecule has 1 aliphatic rings. The Bertz CT molecular complexity index is 359. The third kappa shape index (κ3) is 2.21. The number of alkyl halides is 2. The van der Waals surface area contributed by atoms with E-state index < -0.39 is 10.3 Å². The molecule has 2 nitrogen and oxygen atoms in total. The van der Waals surface area contributed by atoms with Gasteiger partial charge in [-0.2, -0.15) is 8.42 Å². The van der Waals surface area contributed by atoms with Crippen molar-refractivity contribution >= 4 is 42.7 Å². The molecule has 0 bridgehead atoms. The van der Waals surface area contributed by atoms with Crippen molar-refractivity contribution in [3.63, 3.8) is 0 Å². The molecule has 5 heteroatoms. The van der Waals surface area contributed by atoms with Gasteiger partial charge in [0.1, 0.15) is 0 Å². The average Bonchev–Trinajstić information content (AvgIpc) is 2.05. The van der Waals surface area contributed by atoms with Gasteiger partial charge in [-0.05, 0) is 11.6 Å². The van der Waals surface area contributed by atoms with Gasteiger partial charge < -0.3 is 0 Å². The molecule has 1 rings (SSSR count). The van der Waals surface area contributed by atoms with Gasteiger partial charge in [-0.25, -0.2) is 0 Å². The Balaban J connectivity index is 3.14. The van der Waals surface area contributed by atoms with E-state index in [0.29, 0.717) is 10.7 Å². The van der Waals surface area contributed by atoms with E-state index >= 15 is 0 Å². The summed E-state index contributed by atoms with van der Waals surface area (Å²) >= 11 is 8.76. The molecule has 0 saturated heterocycles. The number of hydrogen-bond acceptors (Lipinski definition) is 2. The lowest BCUT2D eigenvalue weighted by Crippen LogP contribution is -2.14. The monoisotopic (exact) mass is 268 g/mol. The highest BCUT2D eigenvalue weighted by Crippen LogP contribution is 2.15. The molecule has 0 aromatic heterocycles. The summed E-state index contributed by atoms with van der Waals surface area (Å²) in [4.78, 5) is 0.107. The molecule has 1 atom stereocenters. The molecule has 0 amide bonds. The van der Waals surface area contributed by atoms with Crippen molar-refractivity contribution in [3.05, 3.63) is 23.8 Å². The van der Waals surface area contributed by atoms with Crippen LogP contribution in [0.5, 0.6) is 0 Å². The van der Waals surface area contributed by atoms with E-state index in [9.17, 15) is 8.42 Å². The van der Waals surface area contributed by atoms with Gasteiger partial charge in [-0.15, -0.1) is 11.6 Å². The van der Waals surface area contributed by atoms with Crippen LogP contribution in [-0.2, 0) is 10.3 Å². The Morgan fingerprint density at radius 2 is 2.25 bits per heavy atom. The maximum absolute atomic E-state index is 10.6. The van der Waals surface area contributed by atoms with Gasteiger partial charge in [-0.3, -0.25) is 0 Å². The van der Waals surface area contributed by atoms with E-state index in [2.05, 4.69) is 15.9 Å². The van der Waals surface area contributed by atoms with Gasteiger partial charge >= 0.3 is 0 Å². The molecule has 1 unspecified atom stereocenters. The quantitative estimate of drug-likeness (QED) is 0.534. The first-order valence-electron chi connectivity index (χ1n) is 3.20. The summed E-state index contributed by atoms with van der Waals surface area (Å²) in [5.41, 5.74) is 0.812. The number of halogens is 2. The van der Waals surface area contributed by atoms with Crippen molar-refractivity contribution in [2.75, 3.05) is 5.88 Å². The summed E-state index contributed by atoms with van der Waals surface area (Å²) in [6, 6.07) is 0. The Morgan fingerprint density at radius 3 is 2.75 bits per heavy atom. The van der Waals surface area contributed by atoms with Gasteiger partial charge in [0.05, 0.1) is 9.69 Å². The van der Waals surface area contributed by atoms with Crippen molar-refractivity contribution < 1.29 is 8.42 Å². The summed E-state index contributed by atoms with van der Waals surface area (Å²) in [5, 5.41) is 0. The Kier molecular flexibility index (Phi) is 3.55. The van der Waals surface area contributed by atoms with Gasteiger partial charge in [-0.1, -0.05) is 28.1 Å². The smallest absolute Gasteiger partial charge is 0.184 e. The van der Waals surface area contributed by atoms with Crippen LogP contribution in [0.4, 0.5) is 0 Å². The normalized spacial score (nSPS) is 22.3. The zero-order valence-corrected chi connectivity index (χ0v) is 9.16. The van der Waals surface area contributed by atoms with Crippen molar-refractivity contribution in [1.29, 1.82) is 0 Å². The zero-order valence-electron chi connectivity index (χ0n) is 6.00. The Labute approximate surface area is 85.6 Å². The first kappa shape index (κ1) is 10.0. The fourth-order valence-electron chi connectivity index (χ4n) is 0.837. The molecule has 0 N–H and O–H groups in total. The fraction of sp³-hybridized carbons (Fsp3) is 0.286. The lowest BCUT2D eigenvalue weighted by atomic mass is 10.1.